The molecule has 0 spiro atoms. The van der Waals surface area contributed by atoms with Gasteiger partial charge in [0.25, 0.3) is 0 Å². The number of benzene rings is 2. The molecule has 0 aliphatic carbocycles. The topological polar surface area (TPSA) is 108 Å². The number of phenolic OH excluding ortho intramolecular Hbond substituents is 1. The van der Waals surface area contributed by atoms with Crippen LogP contribution in [-0.4, -0.2) is 52.6 Å². The minimum atomic E-state index is -0.956. The van der Waals surface area contributed by atoms with Gasteiger partial charge in [0, 0.05) is 19.5 Å². The number of nitrogens with one attached hydrogen (secondary N) is 2. The number of alkyl carbamates (subject to hydrolysis) is 1. The van der Waals surface area contributed by atoms with Gasteiger partial charge in [0.1, 0.15) is 23.4 Å². The molecule has 8 heteroatoms. The number of aryl methyl sites for hydroxylation is 1. The molecule has 0 aromatic heterocycles. The van der Waals surface area contributed by atoms with Crippen LogP contribution in [0.5, 0.6) is 5.75 Å². The highest BCUT2D eigenvalue weighted by Gasteiger charge is 2.36. The number of nitrogens with zero attached hydrogens (tertiary/aromatic N) is 1. The smallest absolute Gasteiger partial charge is 0.408 e. The number of carbonyl (C=O) groups excluding carboxylic acids is 3. The van der Waals surface area contributed by atoms with Gasteiger partial charge in [0.05, 0.1) is 0 Å². The Balaban J connectivity index is 2.55. The lowest BCUT2D eigenvalue weighted by Gasteiger charge is -2.35. The minimum Gasteiger partial charge on any atom is -0.508 e. The number of rotatable bonds is 14. The summed E-state index contributed by atoms with van der Waals surface area (Å²) >= 11 is 0. The molecule has 0 fully saturated rings. The van der Waals surface area contributed by atoms with Gasteiger partial charge in [-0.3, -0.25) is 9.59 Å². The van der Waals surface area contributed by atoms with Crippen LogP contribution in [0.1, 0.15) is 89.5 Å². The van der Waals surface area contributed by atoms with Crippen molar-refractivity contribution in [2.75, 3.05) is 13.1 Å². The molecule has 2 unspecified atom stereocenters. The highest BCUT2D eigenvalue weighted by Crippen LogP contribution is 2.28. The molecular formula is C32H47N3O5. The Morgan fingerprint density at radius 3 is 2.25 bits per heavy atom. The third kappa shape index (κ3) is 10.5. The highest BCUT2D eigenvalue weighted by atomic mass is 16.6. The van der Waals surface area contributed by atoms with Gasteiger partial charge in [-0.05, 0) is 69.4 Å². The molecular weight excluding hydrogens is 506 g/mol. The quantitative estimate of drug-likeness (QED) is 0.256. The summed E-state index contributed by atoms with van der Waals surface area (Å²) in [4.78, 5) is 42.5. The van der Waals surface area contributed by atoms with Crippen molar-refractivity contribution in [1.29, 1.82) is 0 Å². The standard InChI is InChI=1S/C32H47N3O5/c1-7-9-14-20-35(28(29(37)33-19-10-8-2)25-17-18-27(36)23(3)21-25)30(38)26(22-24-15-12-11-13-16-24)34-31(39)40-32(4,5)6/h11-13,15-18,21,26,28,36H,7-10,14,19-20,22H2,1-6H3,(H,33,37)(H,34,39). The van der Waals surface area contributed by atoms with E-state index in [0.717, 1.165) is 31.2 Å². The van der Waals surface area contributed by atoms with Crippen molar-refractivity contribution >= 4 is 17.9 Å². The average molecular weight is 554 g/mol. The van der Waals surface area contributed by atoms with E-state index in [9.17, 15) is 19.5 Å². The first-order chi connectivity index (χ1) is 19.0. The number of unbranched alkanes of at least 4 members (excludes halogenated alkanes) is 3. The van der Waals surface area contributed by atoms with Crippen LogP contribution in [0.3, 0.4) is 0 Å². The fraction of sp³-hybridized carbons (Fsp3) is 0.531. The van der Waals surface area contributed by atoms with Crippen LogP contribution in [0.4, 0.5) is 4.79 Å². The van der Waals surface area contributed by atoms with Gasteiger partial charge in [0.2, 0.25) is 11.8 Å². The van der Waals surface area contributed by atoms with E-state index >= 15 is 0 Å². The molecule has 2 aromatic carbocycles. The maximum atomic E-state index is 14.4. The molecule has 3 amide bonds. The van der Waals surface area contributed by atoms with Crippen LogP contribution in [0.25, 0.3) is 0 Å². The number of ether oxygens (including phenoxy) is 1. The number of hydrogen-bond acceptors (Lipinski definition) is 5. The van der Waals surface area contributed by atoms with Crippen molar-refractivity contribution in [3.05, 3.63) is 65.2 Å². The number of aromatic hydroxyl groups is 1. The van der Waals surface area contributed by atoms with E-state index in [0.29, 0.717) is 30.6 Å². The van der Waals surface area contributed by atoms with Crippen molar-refractivity contribution in [1.82, 2.24) is 15.5 Å². The maximum Gasteiger partial charge on any atom is 0.408 e. The van der Waals surface area contributed by atoms with Crippen LogP contribution < -0.4 is 10.6 Å². The Labute approximate surface area is 239 Å². The lowest BCUT2D eigenvalue weighted by atomic mass is 9.98. The van der Waals surface area contributed by atoms with Crippen LogP contribution >= 0.6 is 0 Å². The van der Waals surface area contributed by atoms with Crippen molar-refractivity contribution < 1.29 is 24.2 Å². The number of carbonyl (C=O) groups is 3. The summed E-state index contributed by atoms with van der Waals surface area (Å²) in [7, 11) is 0. The number of amides is 3. The molecule has 40 heavy (non-hydrogen) atoms. The van der Waals surface area contributed by atoms with E-state index in [-0.39, 0.29) is 24.0 Å². The van der Waals surface area contributed by atoms with E-state index in [1.54, 1.807) is 50.8 Å². The number of phenols is 1. The predicted molar refractivity (Wildman–Crippen MR) is 158 cm³/mol. The third-order valence-electron chi connectivity index (χ3n) is 6.48. The molecule has 0 saturated carbocycles. The maximum absolute atomic E-state index is 14.4. The Hall–Kier alpha value is -3.55. The zero-order valence-corrected chi connectivity index (χ0v) is 25.0. The molecule has 0 saturated heterocycles. The van der Waals surface area contributed by atoms with Gasteiger partial charge in [-0.1, -0.05) is 69.5 Å². The Morgan fingerprint density at radius 1 is 0.975 bits per heavy atom. The molecule has 220 valence electrons. The van der Waals surface area contributed by atoms with Crippen LogP contribution in [-0.2, 0) is 20.7 Å². The second-order valence-electron chi connectivity index (χ2n) is 11.2. The van der Waals surface area contributed by atoms with E-state index < -0.39 is 23.8 Å². The Bertz CT molecular complexity index is 1100. The molecule has 2 rings (SSSR count). The zero-order chi connectivity index (χ0) is 29.7. The van der Waals surface area contributed by atoms with Crippen molar-refractivity contribution in [2.24, 2.45) is 0 Å². The summed E-state index contributed by atoms with van der Waals surface area (Å²) in [5, 5.41) is 15.9. The van der Waals surface area contributed by atoms with Gasteiger partial charge in [-0.2, -0.15) is 0 Å². The summed E-state index contributed by atoms with van der Waals surface area (Å²) in [5.74, 6) is -0.544. The molecule has 2 atom stereocenters. The van der Waals surface area contributed by atoms with Crippen LogP contribution in [0, 0.1) is 6.92 Å². The lowest BCUT2D eigenvalue weighted by molar-refractivity contribution is -0.142. The Morgan fingerprint density at radius 2 is 1.65 bits per heavy atom. The fourth-order valence-corrected chi connectivity index (χ4v) is 4.41. The van der Waals surface area contributed by atoms with Crippen molar-refractivity contribution in [2.45, 2.75) is 97.8 Å². The summed E-state index contributed by atoms with van der Waals surface area (Å²) in [5.41, 5.74) is 1.34. The van der Waals surface area contributed by atoms with Gasteiger partial charge in [0.15, 0.2) is 0 Å². The van der Waals surface area contributed by atoms with E-state index in [2.05, 4.69) is 17.6 Å². The van der Waals surface area contributed by atoms with Crippen LogP contribution in [0.2, 0.25) is 0 Å². The highest BCUT2D eigenvalue weighted by molar-refractivity contribution is 5.92. The monoisotopic (exact) mass is 553 g/mol. The largest absolute Gasteiger partial charge is 0.508 e. The van der Waals surface area contributed by atoms with E-state index in [1.807, 2.05) is 37.3 Å². The van der Waals surface area contributed by atoms with Gasteiger partial charge in [-0.25, -0.2) is 4.79 Å². The molecule has 0 aliphatic heterocycles. The Kier molecular flexibility index (Phi) is 13.0. The molecule has 8 nitrogen and oxygen atoms in total. The molecule has 3 N–H and O–H groups in total. The van der Waals surface area contributed by atoms with Gasteiger partial charge in [-0.15, -0.1) is 0 Å². The number of hydrogen-bond donors (Lipinski definition) is 3. The second kappa shape index (κ2) is 15.9. The van der Waals surface area contributed by atoms with E-state index in [4.69, 9.17) is 4.74 Å². The first kappa shape index (κ1) is 32.7. The second-order valence-corrected chi connectivity index (χ2v) is 11.2. The predicted octanol–water partition coefficient (Wildman–Crippen LogP) is 5.81. The first-order valence-electron chi connectivity index (χ1n) is 14.4. The van der Waals surface area contributed by atoms with Crippen molar-refractivity contribution in [3.63, 3.8) is 0 Å². The van der Waals surface area contributed by atoms with Crippen molar-refractivity contribution in [3.8, 4) is 5.75 Å². The van der Waals surface area contributed by atoms with E-state index in [1.165, 1.54) is 0 Å². The SMILES string of the molecule is CCCCCN(C(=O)C(Cc1ccccc1)NC(=O)OC(C)(C)C)C(C(=O)NCCCC)c1ccc(O)c(C)c1. The molecule has 2 aromatic rings. The van der Waals surface area contributed by atoms with Crippen LogP contribution in [0.15, 0.2) is 48.5 Å². The average Bonchev–Trinajstić information content (AvgIpc) is 2.89. The normalized spacial score (nSPS) is 12.8. The lowest BCUT2D eigenvalue weighted by Crippen LogP contribution is -2.54. The first-order valence-corrected chi connectivity index (χ1v) is 14.4. The summed E-state index contributed by atoms with van der Waals surface area (Å²) in [6.07, 6.45) is 3.79. The zero-order valence-electron chi connectivity index (χ0n) is 25.0. The summed E-state index contributed by atoms with van der Waals surface area (Å²) in [6.45, 7) is 12.0. The molecule has 0 bridgehead atoms. The molecule has 0 radical (unpaired) electrons. The fourth-order valence-electron chi connectivity index (χ4n) is 4.41. The summed E-state index contributed by atoms with van der Waals surface area (Å²) in [6, 6.07) is 12.5. The minimum absolute atomic E-state index is 0.117. The summed E-state index contributed by atoms with van der Waals surface area (Å²) < 4.78 is 5.49. The molecule has 0 heterocycles. The third-order valence-corrected chi connectivity index (χ3v) is 6.48. The van der Waals surface area contributed by atoms with Gasteiger partial charge < -0.3 is 25.4 Å². The van der Waals surface area contributed by atoms with Gasteiger partial charge >= 0.3 is 6.09 Å². The molecule has 0 aliphatic rings.